The van der Waals surface area contributed by atoms with E-state index in [1.165, 1.54) is 0 Å². The average Bonchev–Trinajstić information content (AvgIpc) is 2.03. The van der Waals surface area contributed by atoms with Crippen molar-refractivity contribution in [3.63, 3.8) is 0 Å². The topological polar surface area (TPSA) is 12.9 Å². The lowest BCUT2D eigenvalue weighted by Gasteiger charge is -2.03. The summed E-state index contributed by atoms with van der Waals surface area (Å²) in [5, 5.41) is 1.65. The van der Waals surface area contributed by atoms with Crippen molar-refractivity contribution >= 4 is 44.7 Å². The van der Waals surface area contributed by atoms with E-state index in [0.29, 0.717) is 15.5 Å². The van der Waals surface area contributed by atoms with E-state index in [2.05, 4.69) is 27.5 Å². The third-order valence-electron chi connectivity index (χ3n) is 1.36. The van der Waals surface area contributed by atoms with E-state index >= 15 is 0 Å². The Bertz CT molecular complexity index is 312. The number of pyridine rings is 1. The highest BCUT2D eigenvalue weighted by Gasteiger charge is 2.04. The largest absolute Gasteiger partial charge is 0.244 e. The molecule has 0 unspecified atom stereocenters. The summed E-state index contributed by atoms with van der Waals surface area (Å²) in [5.74, 6) is 0. The summed E-state index contributed by atoms with van der Waals surface area (Å²) in [6, 6.07) is 1.60. The van der Waals surface area contributed by atoms with Crippen molar-refractivity contribution < 1.29 is 0 Å². The molecule has 0 saturated carbocycles. The Labute approximate surface area is 89.5 Å². The second-order valence-electron chi connectivity index (χ2n) is 2.22. The van der Waals surface area contributed by atoms with Gasteiger partial charge in [-0.25, -0.2) is 4.98 Å². The SMILES string of the molecule is C=C(CBr)c1cnc(Cl)cc1Cl. The lowest BCUT2D eigenvalue weighted by molar-refractivity contribution is 1.31. The first kappa shape index (κ1) is 10.0. The minimum atomic E-state index is 0.395. The molecule has 0 N–H and O–H groups in total. The second-order valence-corrected chi connectivity index (χ2v) is 3.58. The third kappa shape index (κ3) is 2.22. The van der Waals surface area contributed by atoms with Crippen molar-refractivity contribution in [1.82, 2.24) is 4.98 Å². The minimum absolute atomic E-state index is 0.395. The number of rotatable bonds is 2. The molecule has 0 fully saturated rings. The molecule has 0 aliphatic heterocycles. The Morgan fingerprint density at radius 2 is 2.25 bits per heavy atom. The van der Waals surface area contributed by atoms with E-state index < -0.39 is 0 Å². The molecule has 1 aromatic rings. The predicted octanol–water partition coefficient (Wildman–Crippen LogP) is 3.80. The van der Waals surface area contributed by atoms with Gasteiger partial charge in [-0.3, -0.25) is 0 Å². The molecule has 0 bridgehead atoms. The molecular formula is C8H6BrCl2N. The van der Waals surface area contributed by atoms with Gasteiger partial charge < -0.3 is 0 Å². The molecule has 0 aliphatic carbocycles. The van der Waals surface area contributed by atoms with Crippen LogP contribution in [0.3, 0.4) is 0 Å². The van der Waals surface area contributed by atoms with Crippen LogP contribution in [0.2, 0.25) is 10.2 Å². The van der Waals surface area contributed by atoms with Crippen LogP contribution < -0.4 is 0 Å². The van der Waals surface area contributed by atoms with Crippen molar-refractivity contribution in [2.75, 3.05) is 5.33 Å². The highest BCUT2D eigenvalue weighted by atomic mass is 79.9. The first-order valence-electron chi connectivity index (χ1n) is 3.20. The first-order chi connectivity index (χ1) is 5.65. The standard InChI is InChI=1S/C8H6BrCl2N/c1-5(3-9)6-4-12-8(11)2-7(6)10/h2,4H,1,3H2. The quantitative estimate of drug-likeness (QED) is 0.586. The Kier molecular flexibility index (Phi) is 3.56. The molecule has 0 saturated heterocycles. The van der Waals surface area contributed by atoms with Crippen molar-refractivity contribution in [2.45, 2.75) is 0 Å². The zero-order chi connectivity index (χ0) is 9.14. The molecule has 1 rings (SSSR count). The van der Waals surface area contributed by atoms with Crippen LogP contribution in [0.4, 0.5) is 0 Å². The van der Waals surface area contributed by atoms with Crippen LogP contribution >= 0.6 is 39.1 Å². The normalized spacial score (nSPS) is 9.92. The zero-order valence-corrected chi connectivity index (χ0v) is 9.25. The molecule has 1 nitrogen and oxygen atoms in total. The molecule has 0 radical (unpaired) electrons. The summed E-state index contributed by atoms with van der Waals surface area (Å²) >= 11 is 14.8. The summed E-state index contributed by atoms with van der Waals surface area (Å²) < 4.78 is 0. The van der Waals surface area contributed by atoms with E-state index in [1.807, 2.05) is 0 Å². The Balaban J connectivity index is 3.09. The molecule has 12 heavy (non-hydrogen) atoms. The van der Waals surface area contributed by atoms with Gasteiger partial charge >= 0.3 is 0 Å². The van der Waals surface area contributed by atoms with E-state index in [-0.39, 0.29) is 0 Å². The fourth-order valence-electron chi connectivity index (χ4n) is 0.740. The van der Waals surface area contributed by atoms with Crippen LogP contribution in [-0.4, -0.2) is 10.3 Å². The third-order valence-corrected chi connectivity index (χ3v) is 2.56. The molecule has 0 amide bonds. The molecule has 0 aromatic carbocycles. The van der Waals surface area contributed by atoms with E-state index in [1.54, 1.807) is 12.3 Å². The lowest BCUT2D eigenvalue weighted by atomic mass is 10.1. The lowest BCUT2D eigenvalue weighted by Crippen LogP contribution is -1.87. The summed E-state index contributed by atoms with van der Waals surface area (Å²) in [7, 11) is 0. The summed E-state index contributed by atoms with van der Waals surface area (Å²) in [6.07, 6.45) is 1.62. The highest BCUT2D eigenvalue weighted by Crippen LogP contribution is 2.25. The Morgan fingerprint density at radius 1 is 1.58 bits per heavy atom. The van der Waals surface area contributed by atoms with Gasteiger partial charge in [0.25, 0.3) is 0 Å². The van der Waals surface area contributed by atoms with Gasteiger partial charge in [-0.15, -0.1) is 0 Å². The van der Waals surface area contributed by atoms with Gasteiger partial charge in [0.05, 0.1) is 5.02 Å². The van der Waals surface area contributed by atoms with E-state index in [4.69, 9.17) is 23.2 Å². The van der Waals surface area contributed by atoms with Gasteiger partial charge in [-0.2, -0.15) is 0 Å². The fourth-order valence-corrected chi connectivity index (χ4v) is 1.54. The van der Waals surface area contributed by atoms with Gasteiger partial charge in [0.1, 0.15) is 5.15 Å². The Morgan fingerprint density at radius 3 is 2.75 bits per heavy atom. The maximum atomic E-state index is 5.90. The second kappa shape index (κ2) is 4.26. The summed E-state index contributed by atoms with van der Waals surface area (Å²) in [4.78, 5) is 3.91. The number of aromatic nitrogens is 1. The van der Waals surface area contributed by atoms with E-state index in [9.17, 15) is 0 Å². The van der Waals surface area contributed by atoms with Gasteiger partial charge in [0.15, 0.2) is 0 Å². The smallest absolute Gasteiger partial charge is 0.130 e. The van der Waals surface area contributed by atoms with Crippen molar-refractivity contribution in [1.29, 1.82) is 0 Å². The molecule has 1 aromatic heterocycles. The fraction of sp³-hybridized carbons (Fsp3) is 0.125. The van der Waals surface area contributed by atoms with Gasteiger partial charge in [0, 0.05) is 17.1 Å². The predicted molar refractivity (Wildman–Crippen MR) is 57.1 cm³/mol. The number of allylic oxidation sites excluding steroid dienone is 1. The number of nitrogens with zero attached hydrogens (tertiary/aromatic N) is 1. The summed E-state index contributed by atoms with van der Waals surface area (Å²) in [6.45, 7) is 3.82. The molecular weight excluding hydrogens is 261 g/mol. The molecule has 64 valence electrons. The van der Waals surface area contributed by atoms with Crippen LogP contribution in [0.1, 0.15) is 5.56 Å². The zero-order valence-electron chi connectivity index (χ0n) is 6.15. The molecule has 0 spiro atoms. The number of halogens is 3. The van der Waals surface area contributed by atoms with Crippen LogP contribution in [0.5, 0.6) is 0 Å². The van der Waals surface area contributed by atoms with Crippen LogP contribution in [0.15, 0.2) is 18.8 Å². The maximum Gasteiger partial charge on any atom is 0.130 e. The monoisotopic (exact) mass is 265 g/mol. The van der Waals surface area contributed by atoms with Crippen LogP contribution in [-0.2, 0) is 0 Å². The molecule has 4 heteroatoms. The van der Waals surface area contributed by atoms with Gasteiger partial charge in [-0.1, -0.05) is 45.7 Å². The molecule has 0 atom stereocenters. The number of hydrogen-bond acceptors (Lipinski definition) is 1. The van der Waals surface area contributed by atoms with Crippen molar-refractivity contribution in [3.8, 4) is 0 Å². The van der Waals surface area contributed by atoms with Crippen LogP contribution in [0.25, 0.3) is 5.57 Å². The maximum absolute atomic E-state index is 5.90. The Hall–Kier alpha value is -0.0500. The molecule has 1 heterocycles. The van der Waals surface area contributed by atoms with Crippen LogP contribution in [0, 0.1) is 0 Å². The van der Waals surface area contributed by atoms with E-state index in [0.717, 1.165) is 11.1 Å². The van der Waals surface area contributed by atoms with Crippen molar-refractivity contribution in [2.24, 2.45) is 0 Å². The number of hydrogen-bond donors (Lipinski definition) is 0. The van der Waals surface area contributed by atoms with Crippen molar-refractivity contribution in [3.05, 3.63) is 34.6 Å². The minimum Gasteiger partial charge on any atom is -0.244 e. The first-order valence-corrected chi connectivity index (χ1v) is 5.08. The summed E-state index contributed by atoms with van der Waals surface area (Å²) in [5.41, 5.74) is 1.72. The molecule has 0 aliphatic rings. The number of alkyl halides is 1. The average molecular weight is 267 g/mol. The van der Waals surface area contributed by atoms with Gasteiger partial charge in [0.2, 0.25) is 0 Å². The highest BCUT2D eigenvalue weighted by molar-refractivity contribution is 9.09. The van der Waals surface area contributed by atoms with Gasteiger partial charge in [-0.05, 0) is 11.6 Å².